The monoisotopic (exact) mass is 350 g/mol. The molecular formula is C19H13BF2N2O2. The van der Waals surface area contributed by atoms with Gasteiger partial charge in [0.1, 0.15) is 5.76 Å². The first-order chi connectivity index (χ1) is 12.6. The first kappa shape index (κ1) is 16.1. The number of H-pyrrole nitrogens is 2. The lowest BCUT2D eigenvalue weighted by molar-refractivity contribution is 0.104. The molecule has 2 heterocycles. The maximum absolute atomic E-state index is 12.9. The lowest BCUT2D eigenvalue weighted by Gasteiger charge is -2.07. The average Bonchev–Trinajstić information content (AvgIpc) is 3.25. The molecule has 0 saturated carbocycles. The van der Waals surface area contributed by atoms with Crippen LogP contribution in [0.4, 0.5) is 8.63 Å². The van der Waals surface area contributed by atoms with Crippen molar-refractivity contribution in [2.75, 3.05) is 0 Å². The Labute approximate surface area is 147 Å². The van der Waals surface area contributed by atoms with Gasteiger partial charge in [-0.05, 0) is 10.8 Å². The molecule has 128 valence electrons. The van der Waals surface area contributed by atoms with E-state index in [4.69, 9.17) is 0 Å². The normalized spacial score (nSPS) is 11.8. The number of benzene rings is 2. The van der Waals surface area contributed by atoms with Crippen LogP contribution >= 0.6 is 0 Å². The Bertz CT molecular complexity index is 1130. The molecule has 4 nitrogen and oxygen atoms in total. The molecule has 7 heteroatoms. The van der Waals surface area contributed by atoms with Crippen LogP contribution in [0, 0.1) is 0 Å². The van der Waals surface area contributed by atoms with Crippen molar-refractivity contribution in [2.24, 2.45) is 0 Å². The molecule has 2 aromatic carbocycles. The molecule has 4 rings (SSSR count). The van der Waals surface area contributed by atoms with Crippen molar-refractivity contribution >= 4 is 40.6 Å². The second kappa shape index (κ2) is 6.52. The van der Waals surface area contributed by atoms with Gasteiger partial charge < -0.3 is 14.6 Å². The predicted molar refractivity (Wildman–Crippen MR) is 98.0 cm³/mol. The average molecular weight is 350 g/mol. The standard InChI is InChI=1S/C19H13BF2N2O2/c21-20(22)26-17(19-15-8-4-2-6-13(15)11-24-19)9-16(25)18-14-7-3-1-5-12(14)10-23-18/h1-11,23-24H/b17-9-. The van der Waals surface area contributed by atoms with E-state index < -0.39 is 13.3 Å². The number of ketones is 1. The number of rotatable bonds is 5. The van der Waals surface area contributed by atoms with Crippen LogP contribution in [0.5, 0.6) is 0 Å². The molecule has 2 N–H and O–H groups in total. The molecule has 0 amide bonds. The highest BCUT2D eigenvalue weighted by molar-refractivity contribution is 6.36. The van der Waals surface area contributed by atoms with Gasteiger partial charge in [-0.2, -0.15) is 0 Å². The summed E-state index contributed by atoms with van der Waals surface area (Å²) in [7, 11) is -3.04. The molecule has 0 fully saturated rings. The van der Waals surface area contributed by atoms with Crippen molar-refractivity contribution in [3.8, 4) is 0 Å². The fourth-order valence-electron chi connectivity index (χ4n) is 3.02. The van der Waals surface area contributed by atoms with Crippen LogP contribution in [0.15, 0.2) is 67.0 Å². The number of hydrogen-bond donors (Lipinski definition) is 2. The van der Waals surface area contributed by atoms with Crippen molar-refractivity contribution in [1.29, 1.82) is 0 Å². The lowest BCUT2D eigenvalue weighted by atomic mass is 10.1. The summed E-state index contributed by atoms with van der Waals surface area (Å²) in [5.74, 6) is -0.648. The molecule has 0 aliphatic carbocycles. The number of aromatic amines is 2. The van der Waals surface area contributed by atoms with E-state index in [1.807, 2.05) is 30.3 Å². The van der Waals surface area contributed by atoms with Gasteiger partial charge in [-0.3, -0.25) is 4.79 Å². The third-order valence-corrected chi connectivity index (χ3v) is 4.18. The minimum atomic E-state index is -3.04. The zero-order chi connectivity index (χ0) is 18.1. The summed E-state index contributed by atoms with van der Waals surface area (Å²) in [5, 5.41) is 3.12. The molecule has 0 bridgehead atoms. The molecule has 4 aromatic rings. The smallest absolute Gasteiger partial charge is 0.503 e. The highest BCUT2D eigenvalue weighted by Gasteiger charge is 2.23. The molecular weight excluding hydrogens is 337 g/mol. The number of nitrogens with one attached hydrogen (secondary N) is 2. The van der Waals surface area contributed by atoms with Crippen molar-refractivity contribution in [3.63, 3.8) is 0 Å². The highest BCUT2D eigenvalue weighted by Crippen LogP contribution is 2.27. The zero-order valence-electron chi connectivity index (χ0n) is 13.5. The summed E-state index contributed by atoms with van der Waals surface area (Å²) in [4.78, 5) is 18.5. The lowest BCUT2D eigenvalue weighted by Crippen LogP contribution is -2.07. The van der Waals surface area contributed by atoms with E-state index in [0.717, 1.165) is 22.2 Å². The van der Waals surface area contributed by atoms with E-state index in [0.29, 0.717) is 16.8 Å². The van der Waals surface area contributed by atoms with E-state index in [1.54, 1.807) is 30.6 Å². The fraction of sp³-hybridized carbons (Fsp3) is 0. The minimum absolute atomic E-state index is 0.204. The highest BCUT2D eigenvalue weighted by atomic mass is 19.2. The van der Waals surface area contributed by atoms with Crippen molar-refractivity contribution < 1.29 is 18.1 Å². The molecule has 0 saturated heterocycles. The van der Waals surface area contributed by atoms with Crippen LogP contribution in [0.25, 0.3) is 27.3 Å². The number of carbonyl (C=O) groups excluding carboxylic acids is 1. The third kappa shape index (κ3) is 2.88. The second-order valence-electron chi connectivity index (χ2n) is 5.75. The third-order valence-electron chi connectivity index (χ3n) is 4.18. The van der Waals surface area contributed by atoms with Gasteiger partial charge in [0, 0.05) is 29.2 Å². The molecule has 2 aromatic heterocycles. The van der Waals surface area contributed by atoms with Gasteiger partial charge in [-0.25, -0.2) is 8.63 Å². The van der Waals surface area contributed by atoms with Crippen LogP contribution in [-0.2, 0) is 4.65 Å². The van der Waals surface area contributed by atoms with Crippen LogP contribution in [0.3, 0.4) is 0 Å². The van der Waals surface area contributed by atoms with Crippen molar-refractivity contribution in [2.45, 2.75) is 0 Å². The Morgan fingerprint density at radius 2 is 1.42 bits per heavy atom. The number of allylic oxidation sites excluding steroid dienone is 1. The molecule has 0 aliphatic heterocycles. The van der Waals surface area contributed by atoms with Crippen LogP contribution in [0.1, 0.15) is 16.2 Å². The Kier molecular flexibility index (Phi) is 4.05. The van der Waals surface area contributed by atoms with Gasteiger partial charge in [-0.1, -0.05) is 48.5 Å². The zero-order valence-corrected chi connectivity index (χ0v) is 13.5. The quantitative estimate of drug-likeness (QED) is 0.235. The Hall–Kier alpha value is -3.35. The Morgan fingerprint density at radius 1 is 0.885 bits per heavy atom. The van der Waals surface area contributed by atoms with Gasteiger partial charge in [-0.15, -0.1) is 0 Å². The SMILES string of the molecule is O=C(/C=C(\OB(F)F)c1[nH]cc2ccccc12)c1[nH]cc2ccccc12. The topological polar surface area (TPSA) is 57.9 Å². The van der Waals surface area contributed by atoms with Gasteiger partial charge in [0.25, 0.3) is 0 Å². The summed E-state index contributed by atoms with van der Waals surface area (Å²) >= 11 is 0. The number of aromatic nitrogens is 2. The Morgan fingerprint density at radius 3 is 2.04 bits per heavy atom. The van der Waals surface area contributed by atoms with E-state index in [-0.39, 0.29) is 5.76 Å². The van der Waals surface area contributed by atoms with Gasteiger partial charge >= 0.3 is 7.47 Å². The van der Waals surface area contributed by atoms with Crippen LogP contribution in [-0.4, -0.2) is 23.2 Å². The van der Waals surface area contributed by atoms with E-state index in [1.165, 1.54) is 0 Å². The number of halogens is 2. The van der Waals surface area contributed by atoms with Gasteiger partial charge in [0.2, 0.25) is 5.78 Å². The molecule has 0 atom stereocenters. The fourth-order valence-corrected chi connectivity index (χ4v) is 3.02. The summed E-state index contributed by atoms with van der Waals surface area (Å²) in [6, 6.07) is 14.6. The van der Waals surface area contributed by atoms with Crippen molar-refractivity contribution in [3.05, 3.63) is 78.4 Å². The van der Waals surface area contributed by atoms with Crippen LogP contribution in [0.2, 0.25) is 0 Å². The second-order valence-corrected chi connectivity index (χ2v) is 5.75. The molecule has 0 radical (unpaired) electrons. The molecule has 0 aliphatic rings. The van der Waals surface area contributed by atoms with Gasteiger partial charge in [0.05, 0.1) is 11.4 Å². The molecule has 0 unspecified atom stereocenters. The number of fused-ring (bicyclic) bond motifs is 2. The number of carbonyl (C=O) groups is 1. The Balaban J connectivity index is 1.80. The summed E-state index contributed by atoms with van der Waals surface area (Å²) in [6.45, 7) is 0. The molecule has 26 heavy (non-hydrogen) atoms. The maximum atomic E-state index is 12.9. The summed E-state index contributed by atoms with van der Waals surface area (Å²) < 4.78 is 30.5. The van der Waals surface area contributed by atoms with E-state index >= 15 is 0 Å². The number of hydrogen-bond acceptors (Lipinski definition) is 2. The molecule has 0 spiro atoms. The first-order valence-corrected chi connectivity index (χ1v) is 7.97. The van der Waals surface area contributed by atoms with E-state index in [9.17, 15) is 13.4 Å². The van der Waals surface area contributed by atoms with Gasteiger partial charge in [0.15, 0.2) is 0 Å². The summed E-state index contributed by atoms with van der Waals surface area (Å²) in [5.41, 5.74) is 0.664. The summed E-state index contributed by atoms with van der Waals surface area (Å²) in [6.07, 6.45) is 4.47. The predicted octanol–water partition coefficient (Wildman–Crippen LogP) is 4.81. The maximum Gasteiger partial charge on any atom is 0.796 e. The van der Waals surface area contributed by atoms with E-state index in [2.05, 4.69) is 14.6 Å². The first-order valence-electron chi connectivity index (χ1n) is 7.97. The van der Waals surface area contributed by atoms with Crippen LogP contribution < -0.4 is 0 Å². The van der Waals surface area contributed by atoms with Crippen molar-refractivity contribution in [1.82, 2.24) is 9.97 Å². The minimum Gasteiger partial charge on any atom is -0.503 e. The largest absolute Gasteiger partial charge is 0.796 e.